The van der Waals surface area contributed by atoms with Crippen molar-refractivity contribution in [3.05, 3.63) is 96.1 Å². The molecule has 0 radical (unpaired) electrons. The summed E-state index contributed by atoms with van der Waals surface area (Å²) < 4.78 is 54.0. The van der Waals surface area contributed by atoms with E-state index in [1.807, 2.05) is 123 Å². The number of nitrogen functional groups attached to an aromatic ring is 1. The Hall–Kier alpha value is -5.15. The number of carbonyl (C=O) groups excluding carboxylic acids is 4. The second kappa shape index (κ2) is 59.8. The largest absolute Gasteiger partial charge is 1.00 e. The molecular formula is C62H99ClCs2FN22NaO15. The van der Waals surface area contributed by atoms with Crippen molar-refractivity contribution in [1.29, 1.82) is 0 Å². The molecule has 0 saturated carbocycles. The number of aromatic nitrogens is 16. The summed E-state index contributed by atoms with van der Waals surface area (Å²) in [4.78, 5) is 74.4. The van der Waals surface area contributed by atoms with Crippen molar-refractivity contribution in [2.24, 2.45) is 0 Å². The van der Waals surface area contributed by atoms with Gasteiger partial charge in [0.15, 0.2) is 11.6 Å². The summed E-state index contributed by atoms with van der Waals surface area (Å²) in [6.07, 6.45) is 9.55. The van der Waals surface area contributed by atoms with Crippen molar-refractivity contribution in [2.45, 2.75) is 73.3 Å². The number of amides is 1. The Morgan fingerprint density at radius 3 is 1.43 bits per heavy atom. The van der Waals surface area contributed by atoms with Gasteiger partial charge < -0.3 is 90.4 Å². The second-order valence-electron chi connectivity index (χ2n) is 21.7. The number of likely N-dealkylation sites (N-methyl/N-ethyl adjacent to an activating group) is 3. The summed E-state index contributed by atoms with van der Waals surface area (Å²) in [6, 6.07) is 11.3. The number of nitrogens with one attached hydrogen (secondary N) is 2. The Morgan fingerprint density at radius 2 is 1.08 bits per heavy atom. The Kier molecular flexibility index (Phi) is 59.3. The van der Waals surface area contributed by atoms with Gasteiger partial charge >= 0.3 is 185 Å². The SMILES string of the molecule is CC(C)n1cnnc1-c1cccc(N)n1.CCOC(=O)c1cn(CCN(C)C)nc1OC.CCOC(=O)c1cn[nH]c1OC.CN(C)CCCl.COc1nn(CCN(C)C)cc1C(=O)Nc1cccc(-c2nncn2C(C)C)n1.COc1nn(CCN(C)C)cc1C(=O)O.O=CO[O-].[2H]CF.[Cs+].[Cs+].[H-].[Na+].[OH-]. The third-order valence-corrected chi connectivity index (χ3v) is 12.6. The summed E-state index contributed by atoms with van der Waals surface area (Å²) >= 11 is 5.35. The van der Waals surface area contributed by atoms with Gasteiger partial charge in [0, 0.05) is 62.7 Å². The molecule has 0 unspecified atom stereocenters. The molecule has 0 fully saturated rings. The molecule has 0 aromatic carbocycles. The third kappa shape index (κ3) is 39.6. The maximum Gasteiger partial charge on any atom is 1.00 e. The first-order chi connectivity index (χ1) is 48.1. The van der Waals surface area contributed by atoms with Crippen LogP contribution in [0.1, 0.15) is 97.9 Å². The number of esters is 2. The van der Waals surface area contributed by atoms with Gasteiger partial charge in [-0.3, -0.25) is 28.0 Å². The number of alkyl halides is 2. The first-order valence-corrected chi connectivity index (χ1v) is 31.1. The number of pyridine rings is 2. The van der Waals surface area contributed by atoms with Gasteiger partial charge in [-0.05, 0) is 122 Å². The molecule has 564 valence electrons. The van der Waals surface area contributed by atoms with Gasteiger partial charge in [0.2, 0.25) is 23.5 Å². The van der Waals surface area contributed by atoms with Crippen molar-refractivity contribution in [2.75, 3.05) is 148 Å². The minimum Gasteiger partial charge on any atom is -1.00 e. The zero-order chi connectivity index (χ0) is 76.1. The molecule has 8 aromatic heterocycles. The number of methoxy groups -OCH3 is 4. The van der Waals surface area contributed by atoms with Gasteiger partial charge in [-0.15, -0.1) is 47.3 Å². The van der Waals surface area contributed by atoms with E-state index in [1.165, 1.54) is 40.8 Å². The van der Waals surface area contributed by atoms with E-state index in [0.717, 1.165) is 43.6 Å². The van der Waals surface area contributed by atoms with Crippen LogP contribution in [0.25, 0.3) is 23.0 Å². The van der Waals surface area contributed by atoms with Crippen LogP contribution in [0.15, 0.2) is 73.8 Å². The maximum absolute atomic E-state index is 12.8. The normalized spacial score (nSPS) is 10.0. The predicted molar refractivity (Wildman–Crippen MR) is 372 cm³/mol. The summed E-state index contributed by atoms with van der Waals surface area (Å²) in [5.41, 5.74) is 8.13. The van der Waals surface area contributed by atoms with Crippen LogP contribution in [0, 0.1) is 0 Å². The van der Waals surface area contributed by atoms with E-state index in [4.69, 9.17) is 62.3 Å². The molecule has 0 atom stereocenters. The van der Waals surface area contributed by atoms with E-state index in [-0.39, 0.29) is 210 Å². The van der Waals surface area contributed by atoms with E-state index in [1.54, 1.807) is 65.1 Å². The molecule has 42 heteroatoms. The topological polar surface area (TPSA) is 444 Å². The fourth-order valence-electron chi connectivity index (χ4n) is 7.52. The summed E-state index contributed by atoms with van der Waals surface area (Å²) in [6.45, 7) is 17.6. The average Bonchev–Trinajstić information content (AvgIpc) is 1.59. The molecule has 8 heterocycles. The zero-order valence-electron chi connectivity index (χ0n) is 65.5. The van der Waals surface area contributed by atoms with Gasteiger partial charge in [0.25, 0.3) is 12.4 Å². The molecular weight excluding hydrogens is 1640 g/mol. The van der Waals surface area contributed by atoms with Crippen LogP contribution >= 0.6 is 11.6 Å². The number of hydrogen-bond donors (Lipinski definition) is 4. The number of anilines is 2. The summed E-state index contributed by atoms with van der Waals surface area (Å²) in [7, 11) is 20.7. The van der Waals surface area contributed by atoms with Crippen LogP contribution in [-0.2, 0) is 38.8 Å². The van der Waals surface area contributed by atoms with Crippen molar-refractivity contribution in [3.63, 3.8) is 0 Å². The number of nitrogens with two attached hydrogens (primary N) is 1. The third-order valence-electron chi connectivity index (χ3n) is 12.4. The predicted octanol–water partition coefficient (Wildman–Crippen LogP) is -4.43. The van der Waals surface area contributed by atoms with E-state index in [2.05, 4.69) is 79.9 Å². The van der Waals surface area contributed by atoms with Gasteiger partial charge in [-0.25, -0.2) is 29.5 Å². The number of hydrogen-bond acceptors (Lipinski definition) is 29. The van der Waals surface area contributed by atoms with Gasteiger partial charge in [-0.1, -0.05) is 12.1 Å². The Labute approximate surface area is 753 Å². The fourth-order valence-corrected chi connectivity index (χ4v) is 7.85. The number of carboxylic acid groups (broad SMARTS) is 1. The zero-order valence-corrected chi connectivity index (χ0v) is 78.8. The van der Waals surface area contributed by atoms with Gasteiger partial charge in [0.1, 0.15) is 57.9 Å². The standard InChI is InChI=1S/C19H26N8O2.C11H19N3O3.C10H13N5.C9H15N3O3.C7H10N2O3.C4H10ClN.CH3F.CH2O3.2Cs.Na.H2O.H/c1-13(2)27-12-20-23-17(27)15-7-6-8-16(21-15)22-18(28)14-11-26(10-9-25(3)4)24-19(14)29-5;1-5-17-11(15)9-8-14(7-6-13(2)3)12-10(9)16-4;1-7(2)15-6-12-14-10(15)8-4-3-5-9(11)13-8;1-11(2)4-5-12-6-7(9(13)14)8(10-12)15-3;1-3-12-7(10)5-4-8-9-6(5)11-2;1-6(2)4-3-5;1-2;2-1-4-3;;;;;/h6-8,11-13H,9-10H2,1-5H3,(H,21,22,28);8H,5-7H2,1-4H3;3-7H,1-2H3,(H2,11,13);6H,4-5H2,1-3H3,(H,13,14);4H,3H2,1-2H3,(H,8,9);3-4H2,1-2H3;1H3;1,3H;;;;1H2;/q;;;;;;;;3*+1;;-1/p-2/i;;;;;;1D;;;;;;. The van der Waals surface area contributed by atoms with Gasteiger partial charge in [-0.2, -0.15) is 5.10 Å². The van der Waals surface area contributed by atoms with Crippen molar-refractivity contribution in [3.8, 4) is 46.6 Å². The minimum absolute atomic E-state index is 0. The van der Waals surface area contributed by atoms with Gasteiger partial charge in [0.05, 0.1) is 76.0 Å². The first-order valence-electron chi connectivity index (χ1n) is 31.3. The first kappa shape index (κ1) is 103. The number of aromatic amines is 1. The maximum atomic E-state index is 12.8. The molecule has 8 aromatic rings. The number of nitrogens with zero attached hydrogens (tertiary/aromatic N) is 19. The molecule has 37 nitrogen and oxygen atoms in total. The number of carbonyl (C=O) groups is 5. The minimum atomic E-state index is -1.03. The Bertz CT molecular complexity index is 3660. The molecule has 0 aliphatic rings. The van der Waals surface area contributed by atoms with E-state index >= 15 is 0 Å². The number of aromatic carboxylic acids is 1. The van der Waals surface area contributed by atoms with Crippen LogP contribution in [0.5, 0.6) is 23.5 Å². The average molecular weight is 1740 g/mol. The van der Waals surface area contributed by atoms with Crippen LogP contribution in [0.2, 0.25) is 0 Å². The summed E-state index contributed by atoms with van der Waals surface area (Å²) in [5.74, 6) is 1.89. The number of rotatable bonds is 27. The second-order valence-corrected chi connectivity index (χ2v) is 22.1. The molecule has 8 rings (SSSR count). The van der Waals surface area contributed by atoms with Crippen LogP contribution < -0.4 is 203 Å². The van der Waals surface area contributed by atoms with Crippen LogP contribution in [0.3, 0.4) is 0 Å². The number of ether oxygens (including phenoxy) is 6. The smallest absolute Gasteiger partial charge is 1.00 e. The Balaban J connectivity index is -0.000000391. The van der Waals surface area contributed by atoms with Crippen LogP contribution in [0.4, 0.5) is 16.0 Å². The molecule has 0 saturated heterocycles. The number of carboxylic acids is 1. The number of H-pyrrole nitrogens is 1. The quantitative estimate of drug-likeness (QED) is 0.00942. The molecule has 0 aliphatic carbocycles. The van der Waals surface area contributed by atoms with E-state index in [9.17, 15) is 23.6 Å². The van der Waals surface area contributed by atoms with Crippen LogP contribution in [-0.4, -0.2) is 277 Å². The van der Waals surface area contributed by atoms with Crippen molar-refractivity contribution < 1.29 is 248 Å². The van der Waals surface area contributed by atoms with E-state index < -0.39 is 25.1 Å². The van der Waals surface area contributed by atoms with Crippen molar-refractivity contribution >= 4 is 53.5 Å². The molecule has 1 amide bonds. The molecule has 0 bridgehead atoms. The van der Waals surface area contributed by atoms with Crippen molar-refractivity contribution in [1.82, 2.24) is 98.6 Å². The Morgan fingerprint density at radius 1 is 0.683 bits per heavy atom. The number of halogens is 2. The fraction of sp³-hybridized carbons (Fsp3) is 0.500. The molecule has 6 N–H and O–H groups in total. The molecule has 0 spiro atoms. The molecule has 0 aliphatic heterocycles. The monoisotopic (exact) mass is 1740 g/mol. The van der Waals surface area contributed by atoms with E-state index in [0.29, 0.717) is 90.5 Å². The summed E-state index contributed by atoms with van der Waals surface area (Å²) in [5, 5.41) is 54.8. The molecule has 104 heavy (non-hydrogen) atoms.